The zero-order chi connectivity index (χ0) is 14.7. The molecule has 0 radical (unpaired) electrons. The maximum atomic E-state index is 9.75. The molecule has 0 saturated heterocycles. The molecular formula is C11H22BF4N2O-. The van der Waals surface area contributed by atoms with Gasteiger partial charge in [0.05, 0.1) is 13.3 Å². The van der Waals surface area contributed by atoms with E-state index in [1.54, 1.807) is 0 Å². The second-order valence-electron chi connectivity index (χ2n) is 4.34. The number of rotatable bonds is 7. The smallest absolute Gasteiger partial charge is 0.418 e. The number of hydrogen-bond donors (Lipinski definition) is 1. The van der Waals surface area contributed by atoms with E-state index < -0.39 is 7.25 Å². The number of aliphatic hydroxyl groups excluding tert-OH is 1. The standard InChI is InChI=1S/C11H22N2O.BF4/c1-2-3-4-5-6-12-7-8-13(11-12)9-10-14;2-1(3,4)5/h7-8,14H,2-6,9-11H2,1H3;/q;-1. The molecule has 0 aromatic rings. The Kier molecular flexibility index (Phi) is 9.46. The van der Waals surface area contributed by atoms with Crippen LogP contribution in [0.3, 0.4) is 0 Å². The molecule has 0 fully saturated rings. The summed E-state index contributed by atoms with van der Waals surface area (Å²) in [6, 6.07) is 0. The molecule has 1 rings (SSSR count). The van der Waals surface area contributed by atoms with Crippen LogP contribution in [0.25, 0.3) is 0 Å². The molecule has 8 heteroatoms. The van der Waals surface area contributed by atoms with E-state index in [9.17, 15) is 17.3 Å². The number of nitrogens with zero attached hydrogens (tertiary/aromatic N) is 2. The lowest BCUT2D eigenvalue weighted by molar-refractivity contribution is 0.204. The van der Waals surface area contributed by atoms with E-state index in [4.69, 9.17) is 5.11 Å². The van der Waals surface area contributed by atoms with Gasteiger partial charge in [-0.05, 0) is 6.42 Å². The molecule has 114 valence electrons. The molecule has 0 aromatic heterocycles. The number of unbranched alkanes of at least 4 members (excludes halogenated alkanes) is 3. The SMILES string of the molecule is CCCCCCN1C=CN(CCO)C1.F[B-](F)(F)F. The Balaban J connectivity index is 0.000000555. The van der Waals surface area contributed by atoms with Gasteiger partial charge in [0, 0.05) is 25.5 Å². The van der Waals surface area contributed by atoms with Crippen LogP contribution < -0.4 is 0 Å². The van der Waals surface area contributed by atoms with Crippen LogP contribution in [0.15, 0.2) is 12.4 Å². The predicted octanol–water partition coefficient (Wildman–Crippen LogP) is 2.91. The summed E-state index contributed by atoms with van der Waals surface area (Å²) in [6.45, 7) is 5.33. The van der Waals surface area contributed by atoms with E-state index in [2.05, 4.69) is 29.1 Å². The first-order valence-electron chi connectivity index (χ1n) is 6.51. The first kappa shape index (κ1) is 18.1. The molecule has 0 aromatic carbocycles. The Morgan fingerprint density at radius 2 is 1.53 bits per heavy atom. The Morgan fingerprint density at radius 1 is 1.00 bits per heavy atom. The largest absolute Gasteiger partial charge is 0.673 e. The van der Waals surface area contributed by atoms with Crippen molar-refractivity contribution in [3.05, 3.63) is 12.4 Å². The Bertz CT molecular complexity index is 245. The van der Waals surface area contributed by atoms with Gasteiger partial charge in [-0.15, -0.1) is 0 Å². The molecule has 1 N–H and O–H groups in total. The lowest BCUT2D eigenvalue weighted by Crippen LogP contribution is -2.27. The maximum absolute atomic E-state index is 9.75. The van der Waals surface area contributed by atoms with Gasteiger partial charge in [0.25, 0.3) is 0 Å². The average molecular weight is 285 g/mol. The Hall–Kier alpha value is -0.915. The van der Waals surface area contributed by atoms with Crippen LogP contribution in [0.4, 0.5) is 17.3 Å². The number of β-amino-alcohol motifs (C(OH)–C–C–N with tert-alkyl or cyclic N) is 1. The van der Waals surface area contributed by atoms with Gasteiger partial charge >= 0.3 is 7.25 Å². The van der Waals surface area contributed by atoms with E-state index in [0.29, 0.717) is 0 Å². The quantitative estimate of drug-likeness (QED) is 0.442. The van der Waals surface area contributed by atoms with Gasteiger partial charge < -0.3 is 32.2 Å². The fraction of sp³-hybridized carbons (Fsp3) is 0.818. The lowest BCUT2D eigenvalue weighted by atomic mass is 10.2. The highest BCUT2D eigenvalue weighted by molar-refractivity contribution is 6.50. The van der Waals surface area contributed by atoms with Gasteiger partial charge in [0.15, 0.2) is 0 Å². The minimum atomic E-state index is -6.00. The molecule has 1 heterocycles. The second kappa shape index (κ2) is 9.94. The minimum Gasteiger partial charge on any atom is -0.418 e. The first-order chi connectivity index (χ1) is 8.86. The summed E-state index contributed by atoms with van der Waals surface area (Å²) in [6.07, 6.45) is 9.45. The fourth-order valence-electron chi connectivity index (χ4n) is 1.68. The predicted molar refractivity (Wildman–Crippen MR) is 68.8 cm³/mol. The third-order valence-electron chi connectivity index (χ3n) is 2.54. The van der Waals surface area contributed by atoms with Crippen LogP contribution in [0, 0.1) is 0 Å². The van der Waals surface area contributed by atoms with Crippen molar-refractivity contribution in [2.24, 2.45) is 0 Å². The van der Waals surface area contributed by atoms with Crippen molar-refractivity contribution in [3.63, 3.8) is 0 Å². The number of hydrogen-bond acceptors (Lipinski definition) is 3. The van der Waals surface area contributed by atoms with E-state index in [1.807, 2.05) is 0 Å². The van der Waals surface area contributed by atoms with Crippen molar-refractivity contribution in [2.75, 3.05) is 26.4 Å². The highest BCUT2D eigenvalue weighted by Gasteiger charge is 2.20. The van der Waals surface area contributed by atoms with Crippen molar-refractivity contribution in [1.29, 1.82) is 0 Å². The summed E-state index contributed by atoms with van der Waals surface area (Å²) < 4.78 is 39.0. The van der Waals surface area contributed by atoms with Gasteiger partial charge in [0.1, 0.15) is 0 Å². The van der Waals surface area contributed by atoms with Gasteiger partial charge in [-0.3, -0.25) is 0 Å². The van der Waals surface area contributed by atoms with Gasteiger partial charge in [-0.2, -0.15) is 0 Å². The number of aliphatic hydroxyl groups is 1. The average Bonchev–Trinajstić information content (AvgIpc) is 2.71. The number of halogens is 4. The van der Waals surface area contributed by atoms with Crippen molar-refractivity contribution < 1.29 is 22.4 Å². The highest BCUT2D eigenvalue weighted by atomic mass is 19.5. The molecule has 1 aliphatic rings. The van der Waals surface area contributed by atoms with Gasteiger partial charge in [-0.25, -0.2) is 0 Å². The van der Waals surface area contributed by atoms with E-state index in [1.165, 1.54) is 25.7 Å². The van der Waals surface area contributed by atoms with Crippen LogP contribution in [-0.4, -0.2) is 48.5 Å². The summed E-state index contributed by atoms with van der Waals surface area (Å²) in [5.41, 5.74) is 0. The first-order valence-corrected chi connectivity index (χ1v) is 6.51. The van der Waals surface area contributed by atoms with Crippen molar-refractivity contribution in [2.45, 2.75) is 32.6 Å². The third kappa shape index (κ3) is 13.3. The Morgan fingerprint density at radius 3 is 2.00 bits per heavy atom. The topological polar surface area (TPSA) is 26.7 Å². The molecule has 0 spiro atoms. The van der Waals surface area contributed by atoms with Gasteiger partial charge in [-0.1, -0.05) is 26.2 Å². The summed E-state index contributed by atoms with van der Waals surface area (Å²) in [7, 11) is -6.00. The minimum absolute atomic E-state index is 0.244. The van der Waals surface area contributed by atoms with E-state index >= 15 is 0 Å². The summed E-state index contributed by atoms with van der Waals surface area (Å²) in [4.78, 5) is 4.45. The van der Waals surface area contributed by atoms with Crippen LogP contribution in [-0.2, 0) is 0 Å². The normalized spacial score (nSPS) is 14.6. The van der Waals surface area contributed by atoms with Crippen LogP contribution in [0.5, 0.6) is 0 Å². The van der Waals surface area contributed by atoms with Crippen molar-refractivity contribution in [3.8, 4) is 0 Å². The van der Waals surface area contributed by atoms with Gasteiger partial charge in [0.2, 0.25) is 0 Å². The molecule has 0 bridgehead atoms. The summed E-state index contributed by atoms with van der Waals surface area (Å²) in [5.74, 6) is 0. The molecule has 0 amide bonds. The van der Waals surface area contributed by atoms with Crippen molar-refractivity contribution >= 4 is 7.25 Å². The molecule has 1 aliphatic heterocycles. The highest BCUT2D eigenvalue weighted by Crippen LogP contribution is 2.08. The molecular weight excluding hydrogens is 263 g/mol. The third-order valence-corrected chi connectivity index (χ3v) is 2.54. The summed E-state index contributed by atoms with van der Waals surface area (Å²) in [5, 5.41) is 8.76. The molecule has 0 atom stereocenters. The summed E-state index contributed by atoms with van der Waals surface area (Å²) >= 11 is 0. The molecule has 0 aliphatic carbocycles. The zero-order valence-corrected chi connectivity index (χ0v) is 11.2. The maximum Gasteiger partial charge on any atom is 0.673 e. The molecule has 3 nitrogen and oxygen atoms in total. The fourth-order valence-corrected chi connectivity index (χ4v) is 1.68. The molecule has 19 heavy (non-hydrogen) atoms. The molecule has 0 unspecified atom stereocenters. The van der Waals surface area contributed by atoms with Crippen molar-refractivity contribution in [1.82, 2.24) is 9.80 Å². The Labute approximate surface area is 112 Å². The van der Waals surface area contributed by atoms with Crippen LogP contribution >= 0.6 is 0 Å². The van der Waals surface area contributed by atoms with Crippen LogP contribution in [0.1, 0.15) is 32.6 Å². The van der Waals surface area contributed by atoms with Crippen LogP contribution in [0.2, 0.25) is 0 Å². The van der Waals surface area contributed by atoms with E-state index in [0.717, 1.165) is 19.8 Å². The lowest BCUT2D eigenvalue weighted by Gasteiger charge is -2.20. The monoisotopic (exact) mass is 285 g/mol. The zero-order valence-electron chi connectivity index (χ0n) is 11.2. The second-order valence-corrected chi connectivity index (χ2v) is 4.34. The molecule has 0 saturated carbocycles. The van der Waals surface area contributed by atoms with E-state index in [-0.39, 0.29) is 6.61 Å².